The molecule has 4 atom stereocenters. The summed E-state index contributed by atoms with van der Waals surface area (Å²) in [5, 5.41) is 2.03. The van der Waals surface area contributed by atoms with Crippen LogP contribution in [0.2, 0.25) is 16.6 Å². The first-order chi connectivity index (χ1) is 30.3. The zero-order chi connectivity index (χ0) is 45.6. The molecule has 5 aliphatic rings. The maximum Gasteiger partial charge on any atom is 0.410 e. The molecule has 0 spiro atoms. The molecule has 2 saturated carbocycles. The van der Waals surface area contributed by atoms with E-state index < -0.39 is 25.3 Å². The van der Waals surface area contributed by atoms with E-state index in [-0.39, 0.29) is 35.1 Å². The highest BCUT2D eigenvalue weighted by Crippen LogP contribution is 2.50. The van der Waals surface area contributed by atoms with Gasteiger partial charge in [-0.3, -0.25) is 9.80 Å². The number of amides is 1. The van der Waals surface area contributed by atoms with Gasteiger partial charge in [-0.1, -0.05) is 65.7 Å². The minimum Gasteiger partial charge on any atom is -0.463 e. The number of aromatic nitrogens is 2. The summed E-state index contributed by atoms with van der Waals surface area (Å²) in [5.41, 5.74) is 7.40. The first-order valence-corrected chi connectivity index (χ1v) is 26.4. The third-order valence-corrected chi connectivity index (χ3v) is 22.0. The Hall–Kier alpha value is -4.27. The number of piperazine rings is 1. The number of hydrogen-bond donors (Lipinski definition) is 0. The number of anilines is 1. The van der Waals surface area contributed by atoms with E-state index in [0.29, 0.717) is 81.2 Å². The molecular weight excluding hydrogens is 821 g/mol. The fraction of sp³-hybridized carbons (Fsp3) is 0.604. The van der Waals surface area contributed by atoms with Crippen molar-refractivity contribution in [1.82, 2.24) is 19.8 Å². The van der Waals surface area contributed by atoms with Crippen LogP contribution in [0.25, 0.3) is 32.8 Å². The van der Waals surface area contributed by atoms with Gasteiger partial charge in [-0.15, -0.1) is 5.54 Å². The number of rotatable bonds is 10. The Morgan fingerprint density at radius 2 is 1.58 bits per heavy atom. The topological polar surface area (TPSA) is 71.0 Å². The Morgan fingerprint density at radius 3 is 2.17 bits per heavy atom. The third kappa shape index (κ3) is 8.07. The van der Waals surface area contributed by atoms with E-state index in [9.17, 15) is 4.79 Å². The van der Waals surface area contributed by atoms with Crippen LogP contribution in [-0.2, 0) is 4.74 Å². The summed E-state index contributed by atoms with van der Waals surface area (Å²) in [7, 11) is -2.24. The van der Waals surface area contributed by atoms with Crippen LogP contribution in [0.3, 0.4) is 0 Å². The lowest BCUT2D eigenvalue weighted by Crippen LogP contribution is -2.57. The summed E-state index contributed by atoms with van der Waals surface area (Å²) in [4.78, 5) is 30.3. The number of carbonyl (C=O) groups is 1. The second-order valence-electron chi connectivity index (χ2n) is 22.3. The smallest absolute Gasteiger partial charge is 0.410 e. The van der Waals surface area contributed by atoms with E-state index >= 15 is 8.78 Å². The molecule has 2 unspecified atom stereocenters. The van der Waals surface area contributed by atoms with Crippen molar-refractivity contribution in [3.05, 3.63) is 58.7 Å². The molecule has 9 rings (SSSR count). The molecule has 3 aromatic carbocycles. The number of aryl methyl sites for hydroxylation is 2. The fourth-order valence-corrected chi connectivity index (χ4v) is 17.8. The number of fused-ring (bicyclic) bond motifs is 6. The third-order valence-electron chi connectivity index (χ3n) is 15.7. The van der Waals surface area contributed by atoms with Crippen LogP contribution in [0.1, 0.15) is 124 Å². The molecule has 4 bridgehead atoms. The predicted molar refractivity (Wildman–Crippen MR) is 257 cm³/mol. The van der Waals surface area contributed by atoms with Crippen LogP contribution in [-0.4, -0.2) is 90.4 Å². The number of halogens is 2. The van der Waals surface area contributed by atoms with Crippen LogP contribution in [0.4, 0.5) is 19.4 Å². The zero-order valence-electron chi connectivity index (χ0n) is 40.1. The number of carbonyl (C=O) groups excluding carboxylic acids is 1. The van der Waals surface area contributed by atoms with E-state index in [1.54, 1.807) is 6.07 Å². The highest BCUT2D eigenvalue weighted by molar-refractivity contribution is 6.90. The van der Waals surface area contributed by atoms with Gasteiger partial charge < -0.3 is 14.4 Å². The van der Waals surface area contributed by atoms with Crippen molar-refractivity contribution in [2.75, 3.05) is 37.7 Å². The van der Waals surface area contributed by atoms with Crippen LogP contribution in [0.15, 0.2) is 30.3 Å². The number of likely N-dealkylation sites (tertiary alicyclic amines) is 1. The molecule has 3 aliphatic heterocycles. The van der Waals surface area contributed by atoms with Crippen LogP contribution >= 0.6 is 0 Å². The Bertz CT molecular complexity index is 2520. The minimum atomic E-state index is -2.24. The van der Waals surface area contributed by atoms with Crippen LogP contribution in [0.5, 0.6) is 6.01 Å². The Labute approximate surface area is 380 Å². The summed E-state index contributed by atoms with van der Waals surface area (Å²) in [6.45, 7) is 26.9. The number of piperidine rings is 1. The standard InChI is InChI=1S/C53H69F2N5O3Si/c1-31(2)64(32(3)4,33(5)6)21-18-41-44(54)17-13-37-22-34(7)23-42(46(37)41)45-35(8)24-43-48(47(45)55)56-50(62-30-53(19-20-53)29-59-26-36-12-14-38(59)25-36)57-49(43)58-27-39-15-16-40(28-58)60(39)51(61)63-52(9,10)11/h13,17,22-24,31-33,36,38-40H,12,14-16,19-20,25-30H2,1-11H3/t36-,38+,39?,40?/m0/s1. The second-order valence-corrected chi connectivity index (χ2v) is 27.9. The van der Waals surface area contributed by atoms with Gasteiger partial charge in [-0.25, -0.2) is 13.6 Å². The Morgan fingerprint density at radius 1 is 0.906 bits per heavy atom. The largest absolute Gasteiger partial charge is 0.463 e. The fourth-order valence-electron chi connectivity index (χ4n) is 12.6. The SMILES string of the molecule is Cc1cc(-c2c(C)cc3c(N4CC5CCC(C4)N5C(=O)OC(C)(C)C)nc(OCC4(CN5C[C@H]6CC[C@@H]5C6)CC4)nc3c2F)c2c(C#C[Si](C(C)C)(C(C)C)C(C)C)c(F)ccc2c1. The Balaban J connectivity index is 1.16. The number of benzene rings is 3. The van der Waals surface area contributed by atoms with Gasteiger partial charge in [0.05, 0.1) is 24.3 Å². The first kappa shape index (κ1) is 44.9. The van der Waals surface area contributed by atoms with Crippen molar-refractivity contribution in [3.8, 4) is 28.6 Å². The van der Waals surface area contributed by atoms with Crippen molar-refractivity contribution in [3.63, 3.8) is 0 Å². The average Bonchev–Trinajstić information content (AvgIpc) is 3.49. The molecule has 1 amide bonds. The van der Waals surface area contributed by atoms with E-state index in [1.165, 1.54) is 31.9 Å². The highest BCUT2D eigenvalue weighted by atomic mass is 28.3. The molecule has 5 fully saturated rings. The quantitative estimate of drug-likeness (QED) is 0.116. The number of hydrogen-bond acceptors (Lipinski definition) is 7. The van der Waals surface area contributed by atoms with Gasteiger partial charge in [-0.2, -0.15) is 9.97 Å². The van der Waals surface area contributed by atoms with E-state index in [1.807, 2.05) is 57.7 Å². The molecule has 0 radical (unpaired) electrons. The highest BCUT2D eigenvalue weighted by Gasteiger charge is 2.50. The molecular formula is C53H69F2N5O3Si. The van der Waals surface area contributed by atoms with Gasteiger partial charge in [0, 0.05) is 54.0 Å². The molecule has 0 N–H and O–H groups in total. The zero-order valence-corrected chi connectivity index (χ0v) is 41.1. The van der Waals surface area contributed by atoms with Crippen LogP contribution in [0, 0.1) is 48.3 Å². The van der Waals surface area contributed by atoms with Gasteiger partial charge in [0.15, 0.2) is 5.82 Å². The molecule has 4 aromatic rings. The number of nitrogens with zero attached hydrogens (tertiary/aromatic N) is 5. The lowest BCUT2D eigenvalue weighted by Gasteiger charge is -2.42. The predicted octanol–water partition coefficient (Wildman–Crippen LogP) is 12.1. The molecule has 342 valence electrons. The normalized spacial score (nSPS) is 22.9. The van der Waals surface area contributed by atoms with Crippen molar-refractivity contribution in [2.45, 2.75) is 161 Å². The second kappa shape index (κ2) is 16.6. The van der Waals surface area contributed by atoms with Gasteiger partial charge in [0.1, 0.15) is 30.8 Å². The van der Waals surface area contributed by atoms with Crippen molar-refractivity contribution < 1.29 is 23.0 Å². The molecule has 4 heterocycles. The molecule has 1 aromatic heterocycles. The van der Waals surface area contributed by atoms with Gasteiger partial charge >= 0.3 is 12.1 Å². The van der Waals surface area contributed by atoms with Gasteiger partial charge in [0.2, 0.25) is 0 Å². The van der Waals surface area contributed by atoms with Gasteiger partial charge in [-0.05, 0) is 136 Å². The summed E-state index contributed by atoms with van der Waals surface area (Å²) in [6.07, 6.45) is 7.53. The number of ether oxygens (including phenoxy) is 2. The molecule has 11 heteroatoms. The maximum atomic E-state index is 18.1. The lowest BCUT2D eigenvalue weighted by atomic mass is 9.89. The lowest BCUT2D eigenvalue weighted by molar-refractivity contribution is 0.0122. The molecule has 64 heavy (non-hydrogen) atoms. The monoisotopic (exact) mass is 890 g/mol. The van der Waals surface area contributed by atoms with Crippen molar-refractivity contribution in [2.24, 2.45) is 11.3 Å². The Kier molecular flexibility index (Phi) is 11.6. The summed E-state index contributed by atoms with van der Waals surface area (Å²) >= 11 is 0. The minimum absolute atomic E-state index is 0.0429. The van der Waals surface area contributed by atoms with Gasteiger partial charge in [0.25, 0.3) is 0 Å². The summed E-state index contributed by atoms with van der Waals surface area (Å²) < 4.78 is 47.0. The first-order valence-electron chi connectivity index (χ1n) is 24.2. The molecule has 2 aliphatic carbocycles. The van der Waals surface area contributed by atoms with E-state index in [2.05, 4.69) is 62.8 Å². The van der Waals surface area contributed by atoms with Crippen molar-refractivity contribution >= 4 is 41.7 Å². The van der Waals surface area contributed by atoms with E-state index in [0.717, 1.165) is 49.1 Å². The maximum absolute atomic E-state index is 18.1. The molecule has 8 nitrogen and oxygen atoms in total. The van der Waals surface area contributed by atoms with Crippen LogP contribution < -0.4 is 9.64 Å². The summed E-state index contributed by atoms with van der Waals surface area (Å²) in [5.74, 6) is 3.98. The molecule has 3 saturated heterocycles. The summed E-state index contributed by atoms with van der Waals surface area (Å²) in [6, 6.07) is 9.99. The van der Waals surface area contributed by atoms with E-state index in [4.69, 9.17) is 19.4 Å². The average molecular weight is 890 g/mol. The van der Waals surface area contributed by atoms with Crippen molar-refractivity contribution in [1.29, 1.82) is 0 Å².